The molecule has 3 aromatic carbocycles. The highest BCUT2D eigenvalue weighted by atomic mass is 32.2. The first-order valence-electron chi connectivity index (χ1n) is 10.6. The van der Waals surface area contributed by atoms with Crippen molar-refractivity contribution in [3.8, 4) is 5.13 Å². The molecule has 0 radical (unpaired) electrons. The third-order valence-electron chi connectivity index (χ3n) is 5.26. The van der Waals surface area contributed by atoms with Crippen molar-refractivity contribution >= 4 is 45.2 Å². The van der Waals surface area contributed by atoms with Crippen LogP contribution in [-0.4, -0.2) is 21.0 Å². The summed E-state index contributed by atoms with van der Waals surface area (Å²) < 4.78 is 2.58. The molecule has 0 saturated heterocycles. The van der Waals surface area contributed by atoms with E-state index in [9.17, 15) is 4.79 Å². The van der Waals surface area contributed by atoms with Crippen LogP contribution in [0.3, 0.4) is 0 Å². The van der Waals surface area contributed by atoms with Gasteiger partial charge in [0.15, 0.2) is 0 Å². The summed E-state index contributed by atoms with van der Waals surface area (Å²) in [7, 11) is 0. The summed E-state index contributed by atoms with van der Waals surface area (Å²) in [5.41, 5.74) is 5.30. The summed E-state index contributed by atoms with van der Waals surface area (Å²) in [6, 6.07) is 24.2. The number of aliphatic imine (C=N–C) groups is 1. The van der Waals surface area contributed by atoms with Crippen molar-refractivity contribution < 1.29 is 0 Å². The predicted octanol–water partition coefficient (Wildman–Crippen LogP) is 6.44. The van der Waals surface area contributed by atoms with Gasteiger partial charge in [0.05, 0.1) is 27.2 Å². The number of fused-ring (bicyclic) bond motifs is 1. The Morgan fingerprint density at radius 1 is 1.00 bits per heavy atom. The SMILES string of the molecule is Cc1ccc(N=Cc2c(CSc3ccc(C)cc3)[nH]n(-c3nc4ccccc4s3)c2=O)cc1. The number of rotatable bonds is 6. The largest absolute Gasteiger partial charge is 0.291 e. The van der Waals surface area contributed by atoms with Gasteiger partial charge in [0, 0.05) is 16.9 Å². The maximum atomic E-state index is 13.4. The van der Waals surface area contributed by atoms with Gasteiger partial charge in [0.2, 0.25) is 5.13 Å². The van der Waals surface area contributed by atoms with Crippen molar-refractivity contribution in [1.29, 1.82) is 0 Å². The van der Waals surface area contributed by atoms with Crippen LogP contribution >= 0.6 is 23.1 Å². The molecule has 0 fully saturated rings. The Kier molecular flexibility index (Phi) is 5.98. The highest BCUT2D eigenvalue weighted by molar-refractivity contribution is 7.98. The molecule has 0 aliphatic heterocycles. The molecule has 5 aromatic rings. The van der Waals surface area contributed by atoms with Crippen LogP contribution in [0.4, 0.5) is 5.69 Å². The van der Waals surface area contributed by atoms with Crippen LogP contribution in [0.1, 0.15) is 22.4 Å². The first-order valence-corrected chi connectivity index (χ1v) is 12.4. The second-order valence-electron chi connectivity index (χ2n) is 7.80. The fraction of sp³-hybridized carbons (Fsp3) is 0.115. The van der Waals surface area contributed by atoms with E-state index in [2.05, 4.69) is 46.3 Å². The van der Waals surface area contributed by atoms with Crippen LogP contribution < -0.4 is 5.56 Å². The Morgan fingerprint density at radius 2 is 1.70 bits per heavy atom. The molecule has 0 saturated carbocycles. The number of H-pyrrole nitrogens is 1. The summed E-state index contributed by atoms with van der Waals surface area (Å²) in [5, 5.41) is 3.92. The van der Waals surface area contributed by atoms with Crippen LogP contribution in [0.2, 0.25) is 0 Å². The average Bonchev–Trinajstić information content (AvgIpc) is 3.39. The lowest BCUT2D eigenvalue weighted by atomic mass is 10.2. The van der Waals surface area contributed by atoms with Crippen LogP contribution in [0, 0.1) is 13.8 Å². The molecule has 0 aliphatic rings. The molecule has 0 unspecified atom stereocenters. The van der Waals surface area contributed by atoms with Gasteiger partial charge in [-0.1, -0.05) is 58.9 Å². The van der Waals surface area contributed by atoms with Gasteiger partial charge in [-0.25, -0.2) is 4.98 Å². The molecular weight excluding hydrogens is 448 g/mol. The topological polar surface area (TPSA) is 63.0 Å². The second kappa shape index (κ2) is 9.21. The van der Waals surface area contributed by atoms with E-state index < -0.39 is 0 Å². The fourth-order valence-electron chi connectivity index (χ4n) is 3.39. The molecule has 2 aromatic heterocycles. The fourth-order valence-corrected chi connectivity index (χ4v) is 5.17. The number of para-hydroxylation sites is 1. The highest BCUT2D eigenvalue weighted by Gasteiger charge is 2.17. The lowest BCUT2D eigenvalue weighted by Crippen LogP contribution is -2.16. The molecule has 2 heterocycles. The van der Waals surface area contributed by atoms with E-state index >= 15 is 0 Å². The zero-order valence-electron chi connectivity index (χ0n) is 18.3. The molecule has 0 bridgehead atoms. The monoisotopic (exact) mass is 470 g/mol. The summed E-state index contributed by atoms with van der Waals surface area (Å²) in [6.07, 6.45) is 1.67. The standard InChI is InChI=1S/C26H22N4OS2/c1-17-7-11-19(12-8-17)27-15-21-23(16-32-20-13-9-18(2)10-14-20)29-30(25(21)31)26-28-22-5-3-4-6-24(22)33-26/h3-15,29H,16H2,1-2H3. The quantitative estimate of drug-likeness (QED) is 0.230. The number of benzene rings is 3. The van der Waals surface area contributed by atoms with Crippen LogP contribution in [-0.2, 0) is 5.75 Å². The molecule has 0 spiro atoms. The van der Waals surface area contributed by atoms with Gasteiger partial charge in [-0.2, -0.15) is 4.68 Å². The van der Waals surface area contributed by atoms with Gasteiger partial charge in [-0.05, 0) is 50.2 Å². The molecule has 33 heavy (non-hydrogen) atoms. The van der Waals surface area contributed by atoms with Crippen LogP contribution in [0.25, 0.3) is 15.3 Å². The minimum Gasteiger partial charge on any atom is -0.291 e. The lowest BCUT2D eigenvalue weighted by molar-refractivity contribution is 0.827. The summed E-state index contributed by atoms with van der Waals surface area (Å²) in [5.74, 6) is 0.617. The molecular formula is C26H22N4OS2. The summed E-state index contributed by atoms with van der Waals surface area (Å²) >= 11 is 3.17. The van der Waals surface area contributed by atoms with E-state index in [1.807, 2.05) is 55.5 Å². The van der Waals surface area contributed by atoms with E-state index in [1.165, 1.54) is 27.1 Å². The third kappa shape index (κ3) is 4.69. The summed E-state index contributed by atoms with van der Waals surface area (Å²) in [6.45, 7) is 4.11. The smallest absolute Gasteiger partial charge is 0.282 e. The third-order valence-corrected chi connectivity index (χ3v) is 7.32. The van der Waals surface area contributed by atoms with E-state index in [-0.39, 0.29) is 5.56 Å². The maximum Gasteiger partial charge on any atom is 0.282 e. The minimum atomic E-state index is -0.149. The molecule has 164 valence electrons. The van der Waals surface area contributed by atoms with Crippen molar-refractivity contribution in [1.82, 2.24) is 14.8 Å². The summed E-state index contributed by atoms with van der Waals surface area (Å²) in [4.78, 5) is 23.8. The Hall–Kier alpha value is -3.42. The van der Waals surface area contributed by atoms with Crippen molar-refractivity contribution in [2.24, 2.45) is 4.99 Å². The number of thioether (sulfide) groups is 1. The first-order chi connectivity index (χ1) is 16.1. The van der Waals surface area contributed by atoms with E-state index in [4.69, 9.17) is 0 Å². The van der Waals surface area contributed by atoms with Gasteiger partial charge < -0.3 is 0 Å². The first kappa shape index (κ1) is 21.4. The highest BCUT2D eigenvalue weighted by Crippen LogP contribution is 2.26. The number of aromatic amines is 1. The number of thiazole rings is 1. The van der Waals surface area contributed by atoms with Gasteiger partial charge in [-0.15, -0.1) is 11.8 Å². The number of hydrogen-bond donors (Lipinski definition) is 1. The number of nitrogens with zero attached hydrogens (tertiary/aromatic N) is 3. The average molecular weight is 471 g/mol. The lowest BCUT2D eigenvalue weighted by Gasteiger charge is -2.02. The zero-order chi connectivity index (χ0) is 22.8. The number of hydrogen-bond acceptors (Lipinski definition) is 5. The van der Waals surface area contributed by atoms with E-state index in [0.717, 1.165) is 26.5 Å². The van der Waals surface area contributed by atoms with Crippen molar-refractivity contribution in [2.75, 3.05) is 0 Å². The number of nitrogens with one attached hydrogen (secondary N) is 1. The van der Waals surface area contributed by atoms with Gasteiger partial charge >= 0.3 is 0 Å². The molecule has 5 rings (SSSR count). The number of aryl methyl sites for hydroxylation is 2. The normalized spacial score (nSPS) is 11.6. The van der Waals surface area contributed by atoms with Crippen molar-refractivity contribution in [3.63, 3.8) is 0 Å². The van der Waals surface area contributed by atoms with Gasteiger partial charge in [0.25, 0.3) is 5.56 Å². The Bertz CT molecular complexity index is 1460. The molecule has 0 aliphatic carbocycles. The molecule has 5 nitrogen and oxygen atoms in total. The molecule has 1 N–H and O–H groups in total. The van der Waals surface area contributed by atoms with Crippen molar-refractivity contribution in [2.45, 2.75) is 24.5 Å². The Labute approximate surface area is 199 Å². The molecule has 7 heteroatoms. The molecule has 0 amide bonds. The van der Waals surface area contributed by atoms with Crippen molar-refractivity contribution in [3.05, 3.63) is 106 Å². The van der Waals surface area contributed by atoms with Gasteiger partial charge in [-0.3, -0.25) is 14.9 Å². The zero-order valence-corrected chi connectivity index (χ0v) is 19.9. The second-order valence-corrected chi connectivity index (χ2v) is 9.86. The predicted molar refractivity (Wildman–Crippen MR) is 139 cm³/mol. The Morgan fingerprint density at radius 3 is 2.42 bits per heavy atom. The van der Waals surface area contributed by atoms with Crippen LogP contribution in [0.15, 0.2) is 87.5 Å². The number of aromatic nitrogens is 3. The molecule has 0 atom stereocenters. The van der Waals surface area contributed by atoms with E-state index in [0.29, 0.717) is 16.4 Å². The van der Waals surface area contributed by atoms with Crippen LogP contribution in [0.5, 0.6) is 0 Å². The van der Waals surface area contributed by atoms with Gasteiger partial charge in [0.1, 0.15) is 0 Å². The maximum absolute atomic E-state index is 13.4. The Balaban J connectivity index is 1.53. The minimum absolute atomic E-state index is 0.149. The van der Waals surface area contributed by atoms with E-state index in [1.54, 1.807) is 18.0 Å².